The molecule has 1 saturated heterocycles. The third-order valence-corrected chi connectivity index (χ3v) is 7.97. The molecule has 1 unspecified atom stereocenters. The van der Waals surface area contributed by atoms with Crippen LogP contribution < -0.4 is 19.8 Å². The predicted octanol–water partition coefficient (Wildman–Crippen LogP) is 3.44. The molecule has 0 amide bonds. The van der Waals surface area contributed by atoms with E-state index in [1.54, 1.807) is 18.3 Å². The predicted molar refractivity (Wildman–Crippen MR) is 140 cm³/mol. The molecule has 4 heterocycles. The highest BCUT2D eigenvalue weighted by Gasteiger charge is 2.23. The molecule has 1 atom stereocenters. The number of rotatable bonds is 7. The Morgan fingerprint density at radius 3 is 2.66 bits per heavy atom. The average molecular weight is 560 g/mol. The van der Waals surface area contributed by atoms with E-state index in [1.807, 2.05) is 7.05 Å². The lowest BCUT2D eigenvalue weighted by atomic mass is 10.1. The number of fused-ring (bicyclic) bond motifs is 1. The third-order valence-electron chi connectivity index (χ3n) is 6.12. The van der Waals surface area contributed by atoms with Crippen molar-refractivity contribution in [2.24, 2.45) is 0 Å². The summed E-state index contributed by atoms with van der Waals surface area (Å²) in [5, 5.41) is -0.274. The number of halogens is 2. The van der Waals surface area contributed by atoms with Crippen molar-refractivity contribution in [3.63, 3.8) is 0 Å². The van der Waals surface area contributed by atoms with Crippen LogP contribution in [0, 0.1) is 5.82 Å². The van der Waals surface area contributed by atoms with Crippen LogP contribution >= 0.6 is 11.6 Å². The highest BCUT2D eigenvalue weighted by atomic mass is 35.5. The molecule has 0 radical (unpaired) electrons. The summed E-state index contributed by atoms with van der Waals surface area (Å²) in [5.41, 5.74) is 1.14. The highest BCUT2D eigenvalue weighted by Crippen LogP contribution is 2.32. The number of hydrogen-bond acceptors (Lipinski definition) is 8. The van der Waals surface area contributed by atoms with E-state index in [4.69, 9.17) is 21.1 Å². The summed E-state index contributed by atoms with van der Waals surface area (Å²) in [5.74, 6) is -0.509. The normalized spacial score (nSPS) is 16.1. The van der Waals surface area contributed by atoms with Crippen molar-refractivity contribution in [3.05, 3.63) is 76.2 Å². The number of anilines is 1. The lowest BCUT2D eigenvalue weighted by Gasteiger charge is -2.15. The van der Waals surface area contributed by atoms with Crippen molar-refractivity contribution in [1.29, 1.82) is 0 Å². The average Bonchev–Trinajstić information content (AvgIpc) is 3.29. The van der Waals surface area contributed by atoms with E-state index < -0.39 is 15.8 Å². The molecule has 198 valence electrons. The summed E-state index contributed by atoms with van der Waals surface area (Å²) >= 11 is 5.97. The van der Waals surface area contributed by atoms with Gasteiger partial charge in [-0.15, -0.1) is 0 Å². The number of aromatic nitrogens is 3. The first-order valence-corrected chi connectivity index (χ1v) is 13.4. The van der Waals surface area contributed by atoms with Gasteiger partial charge in [-0.3, -0.25) is 13.9 Å². The maximum Gasteiger partial charge on any atom is 0.300 e. The maximum absolute atomic E-state index is 13.4. The molecular formula is C25H23ClFN5O5S. The summed E-state index contributed by atoms with van der Waals surface area (Å²) in [6, 6.07) is 7.87. The zero-order valence-corrected chi connectivity index (χ0v) is 22.0. The quantitative estimate of drug-likeness (QED) is 0.366. The number of nitrogens with zero attached hydrogens (tertiary/aromatic N) is 4. The molecule has 1 fully saturated rings. The van der Waals surface area contributed by atoms with Crippen LogP contribution in [-0.4, -0.2) is 61.0 Å². The van der Waals surface area contributed by atoms with E-state index in [9.17, 15) is 17.6 Å². The Morgan fingerprint density at radius 1 is 1.13 bits per heavy atom. The first-order chi connectivity index (χ1) is 18.1. The number of ether oxygens (including phenoxy) is 2. The van der Waals surface area contributed by atoms with Gasteiger partial charge in [-0.1, -0.05) is 11.6 Å². The van der Waals surface area contributed by atoms with Crippen LogP contribution in [0.2, 0.25) is 5.02 Å². The van der Waals surface area contributed by atoms with E-state index in [1.165, 1.54) is 30.0 Å². The molecule has 5 rings (SSSR count). The van der Waals surface area contributed by atoms with E-state index >= 15 is 0 Å². The van der Waals surface area contributed by atoms with Crippen molar-refractivity contribution < 1.29 is 22.3 Å². The molecule has 38 heavy (non-hydrogen) atoms. The Bertz CT molecular complexity index is 1700. The molecule has 0 bridgehead atoms. The Balaban J connectivity index is 1.50. The van der Waals surface area contributed by atoms with Crippen LogP contribution in [-0.2, 0) is 10.0 Å². The van der Waals surface area contributed by atoms with Crippen molar-refractivity contribution in [2.75, 3.05) is 32.0 Å². The van der Waals surface area contributed by atoms with Gasteiger partial charge >= 0.3 is 0 Å². The zero-order valence-electron chi connectivity index (χ0n) is 20.4. The van der Waals surface area contributed by atoms with E-state index in [-0.39, 0.29) is 38.9 Å². The van der Waals surface area contributed by atoms with Gasteiger partial charge in [0.15, 0.2) is 0 Å². The summed E-state index contributed by atoms with van der Waals surface area (Å²) in [4.78, 5) is 23.5. The van der Waals surface area contributed by atoms with E-state index in [2.05, 4.69) is 19.6 Å². The van der Waals surface area contributed by atoms with Crippen LogP contribution in [0.25, 0.3) is 16.8 Å². The summed E-state index contributed by atoms with van der Waals surface area (Å²) in [7, 11) is -0.873. The summed E-state index contributed by atoms with van der Waals surface area (Å²) < 4.78 is 54.3. The second kappa shape index (κ2) is 10.2. The third kappa shape index (κ3) is 5.15. The van der Waals surface area contributed by atoms with Gasteiger partial charge in [0.1, 0.15) is 28.2 Å². The standard InChI is InChI=1S/C25H23ClFN5O5S/c1-31-8-7-18(14-31)37-21-12-28-23-6-3-15(13-32(23)25(21)33)16-9-20(24(36-2)29-11-16)30-38(34,35)22-5-4-17(27)10-19(22)26/h3-6,9-13,18,30H,7-8,14H2,1-2H3. The molecule has 4 aromatic rings. The van der Waals surface area contributed by atoms with Crippen LogP contribution in [0.4, 0.5) is 10.1 Å². The second-order valence-electron chi connectivity index (χ2n) is 8.83. The van der Waals surface area contributed by atoms with Gasteiger partial charge in [-0.25, -0.2) is 22.8 Å². The molecule has 0 saturated carbocycles. The highest BCUT2D eigenvalue weighted by molar-refractivity contribution is 7.92. The van der Waals surface area contributed by atoms with Gasteiger partial charge in [0.05, 0.1) is 18.3 Å². The fourth-order valence-corrected chi connectivity index (χ4v) is 5.80. The largest absolute Gasteiger partial charge is 0.482 e. The van der Waals surface area contributed by atoms with Crippen molar-refractivity contribution in [2.45, 2.75) is 17.4 Å². The number of nitrogens with one attached hydrogen (secondary N) is 1. The second-order valence-corrected chi connectivity index (χ2v) is 10.9. The number of likely N-dealkylation sites (N-methyl/N-ethyl adjacent to an activating group) is 1. The fraction of sp³-hybridized carbons (Fsp3) is 0.240. The Kier molecular flexibility index (Phi) is 6.95. The first kappa shape index (κ1) is 25.9. The summed E-state index contributed by atoms with van der Waals surface area (Å²) in [6.45, 7) is 1.61. The molecule has 10 nitrogen and oxygen atoms in total. The fourth-order valence-electron chi connectivity index (χ4n) is 4.22. The van der Waals surface area contributed by atoms with Gasteiger partial charge in [0, 0.05) is 36.6 Å². The summed E-state index contributed by atoms with van der Waals surface area (Å²) in [6.07, 6.45) is 5.22. The lowest BCUT2D eigenvalue weighted by molar-refractivity contribution is 0.204. The lowest BCUT2D eigenvalue weighted by Crippen LogP contribution is -2.26. The van der Waals surface area contributed by atoms with Gasteiger partial charge in [0.25, 0.3) is 15.6 Å². The van der Waals surface area contributed by atoms with Crippen LogP contribution in [0.3, 0.4) is 0 Å². The molecular weight excluding hydrogens is 537 g/mol. The van der Waals surface area contributed by atoms with E-state index in [0.29, 0.717) is 16.8 Å². The maximum atomic E-state index is 13.4. The minimum absolute atomic E-state index is 0.00685. The number of benzene rings is 1. The van der Waals surface area contributed by atoms with Crippen molar-refractivity contribution in [1.82, 2.24) is 19.3 Å². The van der Waals surface area contributed by atoms with Gasteiger partial charge < -0.3 is 14.4 Å². The molecule has 1 aliphatic heterocycles. The smallest absolute Gasteiger partial charge is 0.300 e. The van der Waals surface area contributed by atoms with E-state index in [0.717, 1.165) is 37.7 Å². The topological polar surface area (TPSA) is 115 Å². The number of likely N-dealkylation sites (tertiary alicyclic amines) is 1. The minimum Gasteiger partial charge on any atom is -0.482 e. The van der Waals surface area contributed by atoms with Gasteiger partial charge in [-0.05, 0) is 49.9 Å². The SMILES string of the molecule is COc1ncc(-c2ccc3ncc(OC4CCN(C)C4)c(=O)n3c2)cc1NS(=O)(=O)c1ccc(F)cc1Cl. The molecule has 1 aliphatic rings. The Hall–Kier alpha value is -3.74. The minimum atomic E-state index is -4.21. The van der Waals surface area contributed by atoms with Gasteiger partial charge in [-0.2, -0.15) is 0 Å². The van der Waals surface area contributed by atoms with Crippen molar-refractivity contribution >= 4 is 33.0 Å². The molecule has 1 N–H and O–H groups in total. The Morgan fingerprint density at radius 2 is 1.95 bits per heavy atom. The molecule has 0 aliphatic carbocycles. The van der Waals surface area contributed by atoms with Crippen LogP contribution in [0.15, 0.2) is 64.7 Å². The number of sulfonamides is 1. The molecule has 1 aromatic carbocycles. The molecule has 3 aromatic heterocycles. The number of hydrogen-bond donors (Lipinski definition) is 1. The van der Waals surface area contributed by atoms with Gasteiger partial charge in [0.2, 0.25) is 11.6 Å². The van der Waals surface area contributed by atoms with Crippen LogP contribution in [0.1, 0.15) is 6.42 Å². The molecule has 0 spiro atoms. The number of methoxy groups -OCH3 is 1. The first-order valence-electron chi connectivity index (χ1n) is 11.5. The van der Waals surface area contributed by atoms with Crippen molar-refractivity contribution in [3.8, 4) is 22.8 Å². The van der Waals surface area contributed by atoms with Crippen LogP contribution in [0.5, 0.6) is 11.6 Å². The zero-order chi connectivity index (χ0) is 27.0. The Labute approximate surface area is 222 Å². The monoisotopic (exact) mass is 559 g/mol. The number of pyridine rings is 2. The molecule has 13 heteroatoms.